The highest BCUT2D eigenvalue weighted by Crippen LogP contribution is 2.22. The summed E-state index contributed by atoms with van der Waals surface area (Å²) in [5.41, 5.74) is 0.966. The SMILES string of the molecule is OCCN1CCN(c2ccc3nnc(-c4ccccc4F)n3n2)CC1. The average molecular weight is 342 g/mol. The smallest absolute Gasteiger partial charge is 0.188 e. The normalized spacial score (nSPS) is 15.8. The third kappa shape index (κ3) is 3.06. The van der Waals surface area contributed by atoms with Crippen LogP contribution in [-0.4, -0.2) is 69.1 Å². The molecule has 1 aromatic carbocycles. The van der Waals surface area contributed by atoms with Crippen LogP contribution in [0.25, 0.3) is 17.0 Å². The van der Waals surface area contributed by atoms with Gasteiger partial charge in [0.25, 0.3) is 0 Å². The highest BCUT2D eigenvalue weighted by atomic mass is 19.1. The van der Waals surface area contributed by atoms with Crippen LogP contribution in [0.1, 0.15) is 0 Å². The summed E-state index contributed by atoms with van der Waals surface area (Å²) < 4.78 is 15.7. The number of rotatable bonds is 4. The third-order valence-corrected chi connectivity index (χ3v) is 4.48. The fraction of sp³-hybridized carbons (Fsp3) is 0.353. The van der Waals surface area contributed by atoms with Crippen molar-refractivity contribution in [1.29, 1.82) is 0 Å². The van der Waals surface area contributed by atoms with Crippen molar-refractivity contribution < 1.29 is 9.50 Å². The largest absolute Gasteiger partial charge is 0.395 e. The van der Waals surface area contributed by atoms with Gasteiger partial charge < -0.3 is 10.0 Å². The summed E-state index contributed by atoms with van der Waals surface area (Å²) in [6, 6.07) is 10.3. The van der Waals surface area contributed by atoms with E-state index in [9.17, 15) is 4.39 Å². The van der Waals surface area contributed by atoms with Crippen molar-refractivity contribution in [3.05, 3.63) is 42.2 Å². The lowest BCUT2D eigenvalue weighted by molar-refractivity contribution is 0.188. The second-order valence-corrected chi connectivity index (χ2v) is 6.02. The van der Waals surface area contributed by atoms with Crippen LogP contribution in [0.5, 0.6) is 0 Å². The molecule has 0 saturated carbocycles. The topological polar surface area (TPSA) is 69.8 Å². The van der Waals surface area contributed by atoms with E-state index in [-0.39, 0.29) is 12.4 Å². The summed E-state index contributed by atoms with van der Waals surface area (Å²) in [5.74, 6) is 0.865. The molecule has 4 rings (SSSR count). The van der Waals surface area contributed by atoms with Crippen molar-refractivity contribution in [2.45, 2.75) is 0 Å². The Morgan fingerprint density at radius 3 is 2.56 bits per heavy atom. The number of halogens is 1. The first-order chi connectivity index (χ1) is 12.3. The molecular formula is C17H19FN6O. The van der Waals surface area contributed by atoms with E-state index in [1.165, 1.54) is 6.07 Å². The lowest BCUT2D eigenvalue weighted by Crippen LogP contribution is -2.47. The molecule has 0 bridgehead atoms. The Bertz CT molecular complexity index is 874. The van der Waals surface area contributed by atoms with Crippen molar-refractivity contribution in [2.24, 2.45) is 0 Å². The number of benzene rings is 1. The van der Waals surface area contributed by atoms with Gasteiger partial charge in [-0.2, -0.15) is 4.52 Å². The molecule has 1 fully saturated rings. The fourth-order valence-electron chi connectivity index (χ4n) is 3.10. The van der Waals surface area contributed by atoms with Gasteiger partial charge in [0, 0.05) is 32.7 Å². The molecule has 0 spiro atoms. The Morgan fingerprint density at radius 1 is 1.00 bits per heavy atom. The van der Waals surface area contributed by atoms with Crippen molar-refractivity contribution >= 4 is 11.5 Å². The first-order valence-electron chi connectivity index (χ1n) is 8.32. The summed E-state index contributed by atoms with van der Waals surface area (Å²) in [6.45, 7) is 4.29. The minimum Gasteiger partial charge on any atom is -0.395 e. The van der Waals surface area contributed by atoms with Crippen LogP contribution in [0, 0.1) is 5.82 Å². The van der Waals surface area contributed by atoms with Crippen LogP contribution < -0.4 is 4.90 Å². The number of aliphatic hydroxyl groups excluding tert-OH is 1. The standard InChI is InChI=1S/C17H19FN6O/c18-14-4-2-1-3-13(14)17-20-19-15-5-6-16(21-24(15)17)23-9-7-22(8-10-23)11-12-25/h1-6,25H,7-12H2. The number of β-amino-alcohol motifs (C(OH)–C–C–N with tert-alkyl or cyclic N) is 1. The molecule has 8 heteroatoms. The van der Waals surface area contributed by atoms with E-state index in [1.54, 1.807) is 22.7 Å². The summed E-state index contributed by atoms with van der Waals surface area (Å²) in [5, 5.41) is 21.9. The van der Waals surface area contributed by atoms with E-state index in [2.05, 4.69) is 25.1 Å². The Kier molecular flexibility index (Phi) is 4.29. The summed E-state index contributed by atoms with van der Waals surface area (Å²) in [7, 11) is 0. The maximum atomic E-state index is 14.1. The number of aliphatic hydroxyl groups is 1. The van der Waals surface area contributed by atoms with Crippen LogP contribution >= 0.6 is 0 Å². The van der Waals surface area contributed by atoms with Crippen molar-refractivity contribution in [3.63, 3.8) is 0 Å². The minimum absolute atomic E-state index is 0.177. The van der Waals surface area contributed by atoms with Crippen molar-refractivity contribution in [3.8, 4) is 11.4 Å². The number of nitrogens with zero attached hydrogens (tertiary/aromatic N) is 6. The number of hydrogen-bond donors (Lipinski definition) is 1. The molecule has 1 aliphatic heterocycles. The van der Waals surface area contributed by atoms with E-state index >= 15 is 0 Å². The molecule has 3 aromatic rings. The van der Waals surface area contributed by atoms with Crippen LogP contribution in [0.3, 0.4) is 0 Å². The van der Waals surface area contributed by atoms with Gasteiger partial charge in [0.1, 0.15) is 11.6 Å². The molecule has 1 N–H and O–H groups in total. The van der Waals surface area contributed by atoms with Gasteiger partial charge in [-0.3, -0.25) is 4.90 Å². The highest BCUT2D eigenvalue weighted by molar-refractivity contribution is 5.60. The molecule has 1 aliphatic rings. The Hall–Kier alpha value is -2.58. The zero-order chi connectivity index (χ0) is 17.2. The number of aromatic nitrogens is 4. The van der Waals surface area contributed by atoms with E-state index in [0.717, 1.165) is 32.0 Å². The number of anilines is 1. The average Bonchev–Trinajstić information content (AvgIpc) is 3.06. The molecule has 3 heterocycles. The lowest BCUT2D eigenvalue weighted by Gasteiger charge is -2.34. The van der Waals surface area contributed by atoms with Gasteiger partial charge in [-0.05, 0) is 24.3 Å². The highest BCUT2D eigenvalue weighted by Gasteiger charge is 2.19. The second kappa shape index (κ2) is 6.73. The molecule has 7 nitrogen and oxygen atoms in total. The summed E-state index contributed by atoms with van der Waals surface area (Å²) in [6.07, 6.45) is 0. The summed E-state index contributed by atoms with van der Waals surface area (Å²) in [4.78, 5) is 4.40. The third-order valence-electron chi connectivity index (χ3n) is 4.48. The van der Waals surface area contributed by atoms with E-state index < -0.39 is 0 Å². The summed E-state index contributed by atoms with van der Waals surface area (Å²) >= 11 is 0. The van der Waals surface area contributed by atoms with Crippen LogP contribution in [0.15, 0.2) is 36.4 Å². The van der Waals surface area contributed by atoms with Crippen molar-refractivity contribution in [1.82, 2.24) is 24.7 Å². The zero-order valence-electron chi connectivity index (χ0n) is 13.7. The van der Waals surface area contributed by atoms with Crippen LogP contribution in [0.2, 0.25) is 0 Å². The van der Waals surface area contributed by atoms with E-state index in [4.69, 9.17) is 5.11 Å². The van der Waals surface area contributed by atoms with Crippen LogP contribution in [-0.2, 0) is 0 Å². The molecular weight excluding hydrogens is 323 g/mol. The molecule has 1 saturated heterocycles. The maximum Gasteiger partial charge on any atom is 0.188 e. The molecule has 25 heavy (non-hydrogen) atoms. The number of piperazine rings is 1. The Balaban J connectivity index is 1.64. The van der Waals surface area contributed by atoms with Crippen molar-refractivity contribution in [2.75, 3.05) is 44.2 Å². The monoisotopic (exact) mass is 342 g/mol. The molecule has 0 atom stereocenters. The van der Waals surface area contributed by atoms with Gasteiger partial charge >= 0.3 is 0 Å². The number of fused-ring (bicyclic) bond motifs is 1. The second-order valence-electron chi connectivity index (χ2n) is 6.02. The maximum absolute atomic E-state index is 14.1. The lowest BCUT2D eigenvalue weighted by atomic mass is 10.2. The molecule has 0 amide bonds. The van der Waals surface area contributed by atoms with Gasteiger partial charge in [-0.25, -0.2) is 4.39 Å². The zero-order valence-corrected chi connectivity index (χ0v) is 13.7. The quantitative estimate of drug-likeness (QED) is 0.764. The molecule has 0 aliphatic carbocycles. The predicted molar refractivity (Wildman–Crippen MR) is 91.9 cm³/mol. The van der Waals surface area contributed by atoms with Gasteiger partial charge in [0.05, 0.1) is 12.2 Å². The molecule has 130 valence electrons. The predicted octanol–water partition coefficient (Wildman–Crippen LogP) is 1.04. The fourth-order valence-corrected chi connectivity index (χ4v) is 3.10. The first kappa shape index (κ1) is 15.9. The molecule has 2 aromatic heterocycles. The van der Waals surface area contributed by atoms with E-state index in [0.29, 0.717) is 23.6 Å². The first-order valence-corrected chi connectivity index (χ1v) is 8.32. The molecule has 0 unspecified atom stereocenters. The molecule has 0 radical (unpaired) electrons. The van der Waals surface area contributed by atoms with Gasteiger partial charge in [-0.15, -0.1) is 15.3 Å². The number of hydrogen-bond acceptors (Lipinski definition) is 6. The van der Waals surface area contributed by atoms with Gasteiger partial charge in [0.15, 0.2) is 11.5 Å². The Labute approximate surface area is 144 Å². The van der Waals surface area contributed by atoms with E-state index in [1.807, 2.05) is 12.1 Å². The minimum atomic E-state index is -0.346. The van der Waals surface area contributed by atoms with Gasteiger partial charge in [-0.1, -0.05) is 12.1 Å². The van der Waals surface area contributed by atoms with Gasteiger partial charge in [0.2, 0.25) is 0 Å². The van der Waals surface area contributed by atoms with Crippen LogP contribution in [0.4, 0.5) is 10.2 Å². The Morgan fingerprint density at radius 2 is 1.80 bits per heavy atom.